The van der Waals surface area contributed by atoms with Gasteiger partial charge in [-0.25, -0.2) is 9.59 Å². The zero-order valence-corrected chi connectivity index (χ0v) is 17.5. The van der Waals surface area contributed by atoms with Gasteiger partial charge in [0.25, 0.3) is 0 Å². The summed E-state index contributed by atoms with van der Waals surface area (Å²) in [5.74, 6) is 1.28. The smallest absolute Gasteiger partial charge is 0.434 e. The molecule has 0 N–H and O–H groups in total. The van der Waals surface area contributed by atoms with Crippen molar-refractivity contribution < 1.29 is 28.5 Å². The number of carbonyl (C=O) groups is 2. The van der Waals surface area contributed by atoms with E-state index in [1.807, 2.05) is 0 Å². The summed E-state index contributed by atoms with van der Waals surface area (Å²) >= 11 is 0. The molecule has 0 aromatic rings. The second-order valence-electron chi connectivity index (χ2n) is 8.26. The van der Waals surface area contributed by atoms with Gasteiger partial charge in [0.2, 0.25) is 0 Å². The molecule has 0 radical (unpaired) electrons. The summed E-state index contributed by atoms with van der Waals surface area (Å²) in [5, 5.41) is 0. The van der Waals surface area contributed by atoms with Crippen molar-refractivity contribution >= 4 is 12.3 Å². The van der Waals surface area contributed by atoms with E-state index in [0.717, 1.165) is 32.1 Å². The molecular weight excluding hydrogens is 348 g/mol. The van der Waals surface area contributed by atoms with Gasteiger partial charge in [0.15, 0.2) is 0 Å². The molecule has 0 amide bonds. The van der Waals surface area contributed by atoms with Crippen LogP contribution in [0.5, 0.6) is 0 Å². The summed E-state index contributed by atoms with van der Waals surface area (Å²) < 4.78 is 20.9. The van der Waals surface area contributed by atoms with E-state index in [0.29, 0.717) is 50.7 Å². The van der Waals surface area contributed by atoms with Crippen LogP contribution in [0.2, 0.25) is 0 Å². The highest BCUT2D eigenvalue weighted by molar-refractivity contribution is 5.60. The SMILES string of the molecule is CC(C)CCCCOC(=O)OC1CCC(OC(=O)OCCCC(C)C)CC1. The van der Waals surface area contributed by atoms with Crippen LogP contribution in [0.25, 0.3) is 0 Å². The molecule has 0 saturated heterocycles. The molecule has 0 aromatic carbocycles. The predicted molar refractivity (Wildman–Crippen MR) is 104 cm³/mol. The van der Waals surface area contributed by atoms with E-state index >= 15 is 0 Å². The van der Waals surface area contributed by atoms with Gasteiger partial charge in [-0.15, -0.1) is 0 Å². The Morgan fingerprint density at radius 2 is 1.11 bits per heavy atom. The lowest BCUT2D eigenvalue weighted by Crippen LogP contribution is -2.30. The van der Waals surface area contributed by atoms with Crippen LogP contribution in [0.1, 0.15) is 85.5 Å². The van der Waals surface area contributed by atoms with Crippen LogP contribution in [0.4, 0.5) is 9.59 Å². The van der Waals surface area contributed by atoms with Gasteiger partial charge < -0.3 is 18.9 Å². The first-order valence-electron chi connectivity index (χ1n) is 10.5. The topological polar surface area (TPSA) is 71.1 Å². The van der Waals surface area contributed by atoms with E-state index in [-0.39, 0.29) is 12.2 Å². The Morgan fingerprint density at radius 3 is 1.56 bits per heavy atom. The van der Waals surface area contributed by atoms with Crippen molar-refractivity contribution in [3.8, 4) is 0 Å². The van der Waals surface area contributed by atoms with Crippen LogP contribution in [-0.2, 0) is 18.9 Å². The standard InChI is InChI=1S/C21H38O6/c1-16(2)8-5-6-14-24-20(22)26-18-10-12-19(13-11-18)27-21(23)25-15-7-9-17(3)4/h16-19H,5-15H2,1-4H3. The Morgan fingerprint density at radius 1 is 0.704 bits per heavy atom. The zero-order chi connectivity index (χ0) is 20.1. The fourth-order valence-electron chi connectivity index (χ4n) is 3.07. The Kier molecular flexibility index (Phi) is 11.9. The summed E-state index contributed by atoms with van der Waals surface area (Å²) in [4.78, 5) is 23.4. The maximum Gasteiger partial charge on any atom is 0.508 e. The zero-order valence-electron chi connectivity index (χ0n) is 17.5. The third-order valence-electron chi connectivity index (χ3n) is 4.69. The summed E-state index contributed by atoms with van der Waals surface area (Å²) in [7, 11) is 0. The van der Waals surface area contributed by atoms with Crippen molar-refractivity contribution in [2.45, 2.75) is 97.7 Å². The number of hydrogen-bond acceptors (Lipinski definition) is 6. The van der Waals surface area contributed by atoms with Crippen molar-refractivity contribution in [2.75, 3.05) is 13.2 Å². The molecule has 1 saturated carbocycles. The average Bonchev–Trinajstić information content (AvgIpc) is 2.60. The molecule has 0 unspecified atom stereocenters. The Balaban J connectivity index is 2.06. The number of carbonyl (C=O) groups excluding carboxylic acids is 2. The van der Waals surface area contributed by atoms with Crippen molar-refractivity contribution in [2.24, 2.45) is 11.8 Å². The van der Waals surface area contributed by atoms with E-state index in [1.165, 1.54) is 0 Å². The van der Waals surface area contributed by atoms with Crippen molar-refractivity contribution in [3.05, 3.63) is 0 Å². The summed E-state index contributed by atoms with van der Waals surface area (Å²) in [6, 6.07) is 0. The number of hydrogen-bond donors (Lipinski definition) is 0. The van der Waals surface area contributed by atoms with Crippen LogP contribution in [0.15, 0.2) is 0 Å². The van der Waals surface area contributed by atoms with Crippen LogP contribution >= 0.6 is 0 Å². The maximum atomic E-state index is 11.7. The van der Waals surface area contributed by atoms with E-state index in [2.05, 4.69) is 27.7 Å². The molecule has 1 rings (SSSR count). The van der Waals surface area contributed by atoms with Gasteiger partial charge in [-0.05, 0) is 63.2 Å². The summed E-state index contributed by atoms with van der Waals surface area (Å²) in [6.45, 7) is 9.46. The molecule has 6 nitrogen and oxygen atoms in total. The molecule has 1 aliphatic rings. The minimum atomic E-state index is -0.594. The lowest BCUT2D eigenvalue weighted by molar-refractivity contribution is -0.0272. The molecule has 0 heterocycles. The average molecular weight is 387 g/mol. The second-order valence-corrected chi connectivity index (χ2v) is 8.26. The molecule has 158 valence electrons. The van der Waals surface area contributed by atoms with Crippen molar-refractivity contribution in [3.63, 3.8) is 0 Å². The summed E-state index contributed by atoms with van der Waals surface area (Å²) in [6.07, 6.45) is 6.15. The van der Waals surface area contributed by atoms with Gasteiger partial charge in [-0.2, -0.15) is 0 Å². The Hall–Kier alpha value is -1.46. The Labute approximate surface area is 164 Å². The predicted octanol–water partition coefficient (Wildman–Crippen LogP) is 5.87. The van der Waals surface area contributed by atoms with E-state index in [9.17, 15) is 9.59 Å². The Bertz CT molecular complexity index is 413. The number of rotatable bonds is 11. The van der Waals surface area contributed by atoms with Gasteiger partial charge in [0, 0.05) is 0 Å². The molecule has 0 aliphatic heterocycles. The first-order chi connectivity index (χ1) is 12.9. The van der Waals surface area contributed by atoms with Crippen molar-refractivity contribution in [1.82, 2.24) is 0 Å². The van der Waals surface area contributed by atoms with E-state index in [4.69, 9.17) is 18.9 Å². The van der Waals surface area contributed by atoms with E-state index in [1.54, 1.807) is 0 Å². The highest BCUT2D eigenvalue weighted by Gasteiger charge is 2.27. The molecular formula is C21H38O6. The van der Waals surface area contributed by atoms with E-state index < -0.39 is 12.3 Å². The van der Waals surface area contributed by atoms with Gasteiger partial charge in [0.1, 0.15) is 12.2 Å². The largest absolute Gasteiger partial charge is 0.508 e. The lowest BCUT2D eigenvalue weighted by Gasteiger charge is -2.27. The monoisotopic (exact) mass is 386 g/mol. The number of unbranched alkanes of at least 4 members (excludes halogenated alkanes) is 1. The summed E-state index contributed by atoms with van der Waals surface area (Å²) in [5.41, 5.74) is 0. The third-order valence-corrected chi connectivity index (χ3v) is 4.69. The quantitative estimate of drug-likeness (QED) is 0.327. The van der Waals surface area contributed by atoms with Gasteiger partial charge >= 0.3 is 12.3 Å². The van der Waals surface area contributed by atoms with Crippen molar-refractivity contribution in [1.29, 1.82) is 0 Å². The van der Waals surface area contributed by atoms with Gasteiger partial charge in [-0.1, -0.05) is 34.1 Å². The van der Waals surface area contributed by atoms with Crippen LogP contribution in [-0.4, -0.2) is 37.7 Å². The van der Waals surface area contributed by atoms with Crippen LogP contribution in [0, 0.1) is 11.8 Å². The van der Waals surface area contributed by atoms with Gasteiger partial charge in [0.05, 0.1) is 13.2 Å². The highest BCUT2D eigenvalue weighted by atomic mass is 16.7. The minimum absolute atomic E-state index is 0.157. The molecule has 0 atom stereocenters. The molecule has 0 aromatic heterocycles. The van der Waals surface area contributed by atoms with Crippen LogP contribution in [0.3, 0.4) is 0 Å². The number of ether oxygens (including phenoxy) is 4. The van der Waals surface area contributed by atoms with Crippen LogP contribution < -0.4 is 0 Å². The fourth-order valence-corrected chi connectivity index (χ4v) is 3.07. The first kappa shape index (κ1) is 23.6. The highest BCUT2D eigenvalue weighted by Crippen LogP contribution is 2.24. The lowest BCUT2D eigenvalue weighted by atomic mass is 9.95. The fraction of sp³-hybridized carbons (Fsp3) is 0.905. The molecule has 1 fully saturated rings. The molecule has 27 heavy (non-hydrogen) atoms. The van der Waals surface area contributed by atoms with Gasteiger partial charge in [-0.3, -0.25) is 0 Å². The first-order valence-corrected chi connectivity index (χ1v) is 10.5. The molecule has 6 heteroatoms. The maximum absolute atomic E-state index is 11.7. The normalized spacial score (nSPS) is 19.8. The third kappa shape index (κ3) is 12.5. The second kappa shape index (κ2) is 13.7. The molecule has 1 aliphatic carbocycles. The molecule has 0 spiro atoms. The minimum Gasteiger partial charge on any atom is -0.434 e. The molecule has 0 bridgehead atoms.